The standard InChI is InChI=1S/C20H19N7O2/c1-25(2)19(29)15-5-3-4-14(10-15)16-6-7-17-22-20(24-27(17)11-16)23-18(28)12-26-9-8-21-13-26/h3-11,13H,12H2,1-2H3,(H,23,24,28). The van der Waals surface area contributed by atoms with Crippen molar-refractivity contribution in [1.82, 2.24) is 29.0 Å². The predicted octanol–water partition coefficient (Wildman–Crippen LogP) is 1.93. The summed E-state index contributed by atoms with van der Waals surface area (Å²) in [7, 11) is 3.44. The number of fused-ring (bicyclic) bond motifs is 1. The largest absolute Gasteiger partial charge is 0.345 e. The lowest BCUT2D eigenvalue weighted by Gasteiger charge is -2.11. The van der Waals surface area contributed by atoms with Gasteiger partial charge in [-0.3, -0.25) is 14.9 Å². The first kappa shape index (κ1) is 18.4. The molecule has 2 amide bonds. The molecule has 146 valence electrons. The molecule has 3 aromatic heterocycles. The van der Waals surface area contributed by atoms with Gasteiger partial charge in [-0.2, -0.15) is 4.98 Å². The predicted molar refractivity (Wildman–Crippen MR) is 107 cm³/mol. The van der Waals surface area contributed by atoms with Crippen molar-refractivity contribution in [2.24, 2.45) is 0 Å². The Morgan fingerprint density at radius 1 is 1.14 bits per heavy atom. The maximum Gasteiger partial charge on any atom is 0.253 e. The van der Waals surface area contributed by atoms with Crippen LogP contribution in [0, 0.1) is 0 Å². The summed E-state index contributed by atoms with van der Waals surface area (Å²) >= 11 is 0. The van der Waals surface area contributed by atoms with Crippen molar-refractivity contribution in [3.8, 4) is 11.1 Å². The highest BCUT2D eigenvalue weighted by Crippen LogP contribution is 2.22. The van der Waals surface area contributed by atoms with E-state index < -0.39 is 0 Å². The number of rotatable bonds is 5. The molecule has 0 spiro atoms. The molecule has 9 heteroatoms. The summed E-state index contributed by atoms with van der Waals surface area (Å²) in [5.41, 5.74) is 2.98. The highest BCUT2D eigenvalue weighted by atomic mass is 16.2. The Bertz CT molecular complexity index is 1180. The molecular formula is C20H19N7O2. The number of benzene rings is 1. The molecule has 0 unspecified atom stereocenters. The third-order valence-electron chi connectivity index (χ3n) is 4.32. The molecule has 0 atom stereocenters. The van der Waals surface area contributed by atoms with Crippen LogP contribution in [0.2, 0.25) is 0 Å². The van der Waals surface area contributed by atoms with E-state index in [0.29, 0.717) is 11.2 Å². The van der Waals surface area contributed by atoms with Gasteiger partial charge in [0.05, 0.1) is 6.33 Å². The second kappa shape index (κ2) is 7.55. The van der Waals surface area contributed by atoms with Crippen molar-refractivity contribution in [1.29, 1.82) is 0 Å². The van der Waals surface area contributed by atoms with E-state index in [9.17, 15) is 9.59 Å². The van der Waals surface area contributed by atoms with Crippen LogP contribution in [-0.2, 0) is 11.3 Å². The first-order valence-electron chi connectivity index (χ1n) is 8.94. The zero-order chi connectivity index (χ0) is 20.4. The first-order valence-corrected chi connectivity index (χ1v) is 8.94. The number of hydrogen-bond donors (Lipinski definition) is 1. The minimum atomic E-state index is -0.242. The summed E-state index contributed by atoms with van der Waals surface area (Å²) in [4.78, 5) is 34.1. The summed E-state index contributed by atoms with van der Waals surface area (Å²) in [6.45, 7) is 0.132. The quantitative estimate of drug-likeness (QED) is 0.563. The molecule has 1 N–H and O–H groups in total. The van der Waals surface area contributed by atoms with Crippen LogP contribution in [0.1, 0.15) is 10.4 Å². The van der Waals surface area contributed by atoms with Gasteiger partial charge in [0, 0.05) is 43.8 Å². The van der Waals surface area contributed by atoms with Gasteiger partial charge in [0.25, 0.3) is 5.91 Å². The van der Waals surface area contributed by atoms with E-state index in [-0.39, 0.29) is 24.3 Å². The molecule has 0 saturated carbocycles. The molecule has 0 saturated heterocycles. The summed E-state index contributed by atoms with van der Waals surface area (Å²) in [5, 5.41) is 7.01. The second-order valence-corrected chi connectivity index (χ2v) is 6.72. The van der Waals surface area contributed by atoms with E-state index in [1.54, 1.807) is 52.9 Å². The number of carbonyl (C=O) groups excluding carboxylic acids is 2. The fraction of sp³-hybridized carbons (Fsp3) is 0.150. The third kappa shape index (κ3) is 3.98. The SMILES string of the molecule is CN(C)C(=O)c1cccc(-c2ccc3nc(NC(=O)Cn4ccnc4)nn3c2)c1. The topological polar surface area (TPSA) is 97.4 Å². The van der Waals surface area contributed by atoms with Crippen LogP contribution >= 0.6 is 0 Å². The lowest BCUT2D eigenvalue weighted by atomic mass is 10.0. The normalized spacial score (nSPS) is 10.8. The van der Waals surface area contributed by atoms with Crippen molar-refractivity contribution in [2.75, 3.05) is 19.4 Å². The Labute approximate surface area is 166 Å². The fourth-order valence-electron chi connectivity index (χ4n) is 2.91. The molecular weight excluding hydrogens is 370 g/mol. The van der Waals surface area contributed by atoms with Crippen molar-refractivity contribution in [3.63, 3.8) is 0 Å². The highest BCUT2D eigenvalue weighted by Gasteiger charge is 2.11. The monoisotopic (exact) mass is 389 g/mol. The number of hydrogen-bond acceptors (Lipinski definition) is 5. The number of nitrogens with one attached hydrogen (secondary N) is 1. The Morgan fingerprint density at radius 2 is 2.00 bits per heavy atom. The van der Waals surface area contributed by atoms with Gasteiger partial charge < -0.3 is 9.47 Å². The minimum absolute atomic E-state index is 0.0587. The van der Waals surface area contributed by atoms with Gasteiger partial charge in [-0.25, -0.2) is 9.50 Å². The number of carbonyl (C=O) groups is 2. The first-order chi connectivity index (χ1) is 14.0. The number of aromatic nitrogens is 5. The number of pyridine rings is 1. The van der Waals surface area contributed by atoms with Crippen LogP contribution in [0.4, 0.5) is 5.95 Å². The molecule has 0 fully saturated rings. The van der Waals surface area contributed by atoms with E-state index >= 15 is 0 Å². The molecule has 4 rings (SSSR count). The fourth-order valence-corrected chi connectivity index (χ4v) is 2.91. The molecule has 3 heterocycles. The van der Waals surface area contributed by atoms with Crippen molar-refractivity contribution in [2.45, 2.75) is 6.54 Å². The van der Waals surface area contributed by atoms with Crippen LogP contribution in [0.5, 0.6) is 0 Å². The second-order valence-electron chi connectivity index (χ2n) is 6.72. The molecule has 9 nitrogen and oxygen atoms in total. The lowest BCUT2D eigenvalue weighted by Crippen LogP contribution is -2.21. The minimum Gasteiger partial charge on any atom is -0.345 e. The maximum absolute atomic E-state index is 12.2. The molecule has 29 heavy (non-hydrogen) atoms. The highest BCUT2D eigenvalue weighted by molar-refractivity contribution is 5.95. The third-order valence-corrected chi connectivity index (χ3v) is 4.32. The van der Waals surface area contributed by atoms with Crippen LogP contribution in [0.3, 0.4) is 0 Å². The Kier molecular flexibility index (Phi) is 4.78. The van der Waals surface area contributed by atoms with Crippen molar-refractivity contribution >= 4 is 23.4 Å². The number of amides is 2. The molecule has 0 bridgehead atoms. The van der Waals surface area contributed by atoms with Gasteiger partial charge in [-0.15, -0.1) is 5.10 Å². The molecule has 0 aliphatic rings. The lowest BCUT2D eigenvalue weighted by molar-refractivity contribution is -0.116. The van der Waals surface area contributed by atoms with Gasteiger partial charge in [0.2, 0.25) is 11.9 Å². The summed E-state index contributed by atoms with van der Waals surface area (Å²) in [5.74, 6) is -0.0746. The van der Waals surface area contributed by atoms with Gasteiger partial charge >= 0.3 is 0 Å². The zero-order valence-corrected chi connectivity index (χ0v) is 16.0. The average Bonchev–Trinajstić information content (AvgIpc) is 3.35. The van der Waals surface area contributed by atoms with E-state index in [0.717, 1.165) is 11.1 Å². The van der Waals surface area contributed by atoms with E-state index in [1.165, 1.54) is 0 Å². The van der Waals surface area contributed by atoms with Gasteiger partial charge in [-0.05, 0) is 29.8 Å². The van der Waals surface area contributed by atoms with Crippen LogP contribution < -0.4 is 5.32 Å². The molecule has 4 aromatic rings. The summed E-state index contributed by atoms with van der Waals surface area (Å²) < 4.78 is 3.26. The van der Waals surface area contributed by atoms with Gasteiger partial charge in [0.1, 0.15) is 6.54 Å². The number of nitrogens with zero attached hydrogens (tertiary/aromatic N) is 6. The Morgan fingerprint density at radius 3 is 2.76 bits per heavy atom. The van der Waals surface area contributed by atoms with E-state index in [1.807, 2.05) is 36.5 Å². The summed E-state index contributed by atoms with van der Waals surface area (Å²) in [6, 6.07) is 11.1. The Hall–Kier alpha value is -4.01. The van der Waals surface area contributed by atoms with E-state index in [2.05, 4.69) is 20.4 Å². The van der Waals surface area contributed by atoms with Gasteiger partial charge in [-0.1, -0.05) is 12.1 Å². The van der Waals surface area contributed by atoms with Gasteiger partial charge in [0.15, 0.2) is 5.65 Å². The molecule has 0 aliphatic heterocycles. The Balaban J connectivity index is 1.56. The number of imidazole rings is 1. The van der Waals surface area contributed by atoms with Crippen LogP contribution in [-0.4, -0.2) is 55.0 Å². The van der Waals surface area contributed by atoms with Crippen LogP contribution in [0.15, 0.2) is 61.3 Å². The smallest absolute Gasteiger partial charge is 0.253 e. The zero-order valence-electron chi connectivity index (χ0n) is 16.0. The average molecular weight is 389 g/mol. The molecule has 0 aliphatic carbocycles. The maximum atomic E-state index is 12.2. The molecule has 1 aromatic carbocycles. The van der Waals surface area contributed by atoms with Crippen molar-refractivity contribution in [3.05, 3.63) is 66.9 Å². The molecule has 0 radical (unpaired) electrons. The van der Waals surface area contributed by atoms with E-state index in [4.69, 9.17) is 0 Å². The summed E-state index contributed by atoms with van der Waals surface area (Å²) in [6.07, 6.45) is 6.70. The number of anilines is 1. The van der Waals surface area contributed by atoms with Crippen LogP contribution in [0.25, 0.3) is 16.8 Å². The van der Waals surface area contributed by atoms with Crippen molar-refractivity contribution < 1.29 is 9.59 Å².